The number of benzene rings is 1. The Labute approximate surface area is 142 Å². The van der Waals surface area contributed by atoms with Crippen LogP contribution < -0.4 is 14.8 Å². The van der Waals surface area contributed by atoms with E-state index in [2.05, 4.69) is 17.4 Å². The van der Waals surface area contributed by atoms with Crippen LogP contribution in [-0.4, -0.2) is 31.5 Å². The molecule has 2 heterocycles. The number of hydrogen-bond acceptors (Lipinski definition) is 5. The van der Waals surface area contributed by atoms with E-state index in [0.29, 0.717) is 24.3 Å². The first-order chi connectivity index (χ1) is 11.8. The summed E-state index contributed by atoms with van der Waals surface area (Å²) in [6.07, 6.45) is 6.18. The molecular formula is C19H26N2O3. The van der Waals surface area contributed by atoms with Gasteiger partial charge in [-0.15, -0.1) is 0 Å². The molecule has 0 atom stereocenters. The first-order valence-corrected chi connectivity index (χ1v) is 9.16. The van der Waals surface area contributed by atoms with E-state index in [0.717, 1.165) is 54.8 Å². The number of aromatic nitrogens is 1. The van der Waals surface area contributed by atoms with Crippen LogP contribution in [0.3, 0.4) is 0 Å². The van der Waals surface area contributed by atoms with E-state index in [9.17, 15) is 0 Å². The number of piperidine rings is 1. The van der Waals surface area contributed by atoms with Crippen LogP contribution >= 0.6 is 0 Å². The van der Waals surface area contributed by atoms with Gasteiger partial charge >= 0.3 is 0 Å². The molecule has 5 heteroatoms. The first-order valence-electron chi connectivity index (χ1n) is 9.16. The van der Waals surface area contributed by atoms with E-state index in [1.54, 1.807) is 0 Å². The van der Waals surface area contributed by atoms with Gasteiger partial charge in [-0.1, -0.05) is 12.5 Å². The molecule has 1 aromatic heterocycles. The number of ether oxygens (including phenoxy) is 2. The number of nitrogens with one attached hydrogen (secondary N) is 1. The van der Waals surface area contributed by atoms with Crippen molar-refractivity contribution < 1.29 is 14.0 Å². The van der Waals surface area contributed by atoms with Gasteiger partial charge in [0.25, 0.3) is 5.88 Å². The van der Waals surface area contributed by atoms with Gasteiger partial charge in [-0.2, -0.15) is 0 Å². The molecule has 2 aromatic rings. The normalized spacial score (nSPS) is 19.4. The molecule has 0 spiro atoms. The van der Waals surface area contributed by atoms with Crippen molar-refractivity contribution in [3.63, 3.8) is 0 Å². The number of rotatable bonds is 6. The molecule has 1 aliphatic carbocycles. The predicted octanol–water partition coefficient (Wildman–Crippen LogP) is 3.69. The Bertz CT molecular complexity index is 687. The molecular weight excluding hydrogens is 304 g/mol. The third-order valence-electron chi connectivity index (χ3n) is 5.36. The molecule has 4 rings (SSSR count). The minimum Gasteiger partial charge on any atom is -0.492 e. The van der Waals surface area contributed by atoms with Crippen LogP contribution in [0.15, 0.2) is 16.7 Å². The van der Waals surface area contributed by atoms with Crippen molar-refractivity contribution in [3.8, 4) is 11.6 Å². The van der Waals surface area contributed by atoms with Crippen molar-refractivity contribution >= 4 is 11.0 Å². The van der Waals surface area contributed by atoms with Crippen molar-refractivity contribution in [1.82, 2.24) is 10.5 Å². The predicted molar refractivity (Wildman–Crippen MR) is 92.7 cm³/mol. The van der Waals surface area contributed by atoms with Crippen LogP contribution in [0.5, 0.6) is 11.6 Å². The van der Waals surface area contributed by atoms with Crippen molar-refractivity contribution in [2.45, 2.75) is 39.0 Å². The zero-order valence-corrected chi connectivity index (χ0v) is 14.3. The Kier molecular flexibility index (Phi) is 4.60. The van der Waals surface area contributed by atoms with Gasteiger partial charge in [0.05, 0.1) is 13.2 Å². The highest BCUT2D eigenvalue weighted by Gasteiger charge is 2.22. The molecule has 2 fully saturated rings. The molecule has 1 aromatic carbocycles. The van der Waals surface area contributed by atoms with Gasteiger partial charge in [0, 0.05) is 0 Å². The van der Waals surface area contributed by atoms with Crippen molar-refractivity contribution in [2.24, 2.45) is 11.8 Å². The molecule has 0 radical (unpaired) electrons. The lowest BCUT2D eigenvalue weighted by atomic mass is 9.86. The van der Waals surface area contributed by atoms with E-state index in [1.807, 2.05) is 12.1 Å². The van der Waals surface area contributed by atoms with Gasteiger partial charge in [0.2, 0.25) is 0 Å². The Balaban J connectivity index is 1.52. The fraction of sp³-hybridized carbons (Fsp3) is 0.632. The highest BCUT2D eigenvalue weighted by atomic mass is 16.5. The molecule has 1 saturated carbocycles. The zero-order chi connectivity index (χ0) is 16.4. The average Bonchev–Trinajstić information content (AvgIpc) is 2.97. The van der Waals surface area contributed by atoms with Gasteiger partial charge in [-0.3, -0.25) is 0 Å². The summed E-state index contributed by atoms with van der Waals surface area (Å²) in [6, 6.07) is 3.98. The second-order valence-electron chi connectivity index (χ2n) is 7.18. The summed E-state index contributed by atoms with van der Waals surface area (Å²) in [4.78, 5) is 0. The summed E-state index contributed by atoms with van der Waals surface area (Å²) < 4.78 is 17.6. The Morgan fingerprint density at radius 2 is 1.83 bits per heavy atom. The van der Waals surface area contributed by atoms with Crippen LogP contribution in [-0.2, 0) is 0 Å². The molecule has 24 heavy (non-hydrogen) atoms. The van der Waals surface area contributed by atoms with Crippen molar-refractivity contribution in [1.29, 1.82) is 0 Å². The average molecular weight is 330 g/mol. The monoisotopic (exact) mass is 330 g/mol. The van der Waals surface area contributed by atoms with Crippen molar-refractivity contribution in [2.75, 3.05) is 26.3 Å². The van der Waals surface area contributed by atoms with E-state index in [-0.39, 0.29) is 0 Å². The van der Waals surface area contributed by atoms with Crippen LogP contribution in [0.1, 0.15) is 37.7 Å². The summed E-state index contributed by atoms with van der Waals surface area (Å²) in [6.45, 7) is 5.68. The lowest BCUT2D eigenvalue weighted by Crippen LogP contribution is -2.30. The lowest BCUT2D eigenvalue weighted by molar-refractivity contribution is 0.180. The molecule has 0 unspecified atom stereocenters. The summed E-state index contributed by atoms with van der Waals surface area (Å²) in [7, 11) is 0. The quantitative estimate of drug-likeness (QED) is 0.875. The molecule has 0 bridgehead atoms. The number of aryl methyl sites for hydroxylation is 1. The minimum absolute atomic E-state index is 0.579. The molecule has 2 aliphatic rings. The smallest absolute Gasteiger partial charge is 0.265 e. The fourth-order valence-electron chi connectivity index (χ4n) is 3.47. The van der Waals surface area contributed by atoms with E-state index >= 15 is 0 Å². The Morgan fingerprint density at radius 1 is 1.08 bits per heavy atom. The minimum atomic E-state index is 0.579. The third-order valence-corrected chi connectivity index (χ3v) is 5.36. The summed E-state index contributed by atoms with van der Waals surface area (Å²) in [5, 5.41) is 8.42. The van der Waals surface area contributed by atoms with E-state index in [1.165, 1.54) is 19.3 Å². The highest BCUT2D eigenvalue weighted by molar-refractivity contribution is 5.89. The number of fused-ring (bicyclic) bond motifs is 1. The van der Waals surface area contributed by atoms with Gasteiger partial charge in [-0.25, -0.2) is 0 Å². The van der Waals surface area contributed by atoms with E-state index < -0.39 is 0 Å². The zero-order valence-electron chi connectivity index (χ0n) is 14.3. The van der Waals surface area contributed by atoms with Crippen LogP contribution in [0.25, 0.3) is 11.0 Å². The Morgan fingerprint density at radius 3 is 2.58 bits per heavy atom. The van der Waals surface area contributed by atoms with Gasteiger partial charge < -0.3 is 19.3 Å². The molecule has 1 saturated heterocycles. The first kappa shape index (κ1) is 15.8. The molecule has 1 N–H and O–H groups in total. The number of nitrogens with zero attached hydrogens (tertiary/aromatic N) is 1. The van der Waals surface area contributed by atoms with Gasteiger partial charge in [-0.05, 0) is 74.3 Å². The second-order valence-corrected chi connectivity index (χ2v) is 7.18. The molecule has 5 nitrogen and oxygen atoms in total. The molecule has 130 valence electrons. The summed E-state index contributed by atoms with van der Waals surface area (Å²) in [5.41, 5.74) is 1.85. The largest absolute Gasteiger partial charge is 0.492 e. The van der Waals surface area contributed by atoms with Crippen molar-refractivity contribution in [3.05, 3.63) is 17.7 Å². The second kappa shape index (κ2) is 7.01. The maximum Gasteiger partial charge on any atom is 0.265 e. The maximum atomic E-state index is 6.15. The van der Waals surface area contributed by atoms with Crippen LogP contribution in [0.4, 0.5) is 0 Å². The lowest BCUT2D eigenvalue weighted by Gasteiger charge is -2.25. The molecule has 0 amide bonds. The fourth-order valence-corrected chi connectivity index (χ4v) is 3.47. The highest BCUT2D eigenvalue weighted by Crippen LogP contribution is 2.38. The third kappa shape index (κ3) is 3.22. The SMILES string of the molecule is Cc1ccc2onc(OCC3CCNCC3)c2c1OCC1CCC1. The molecule has 1 aliphatic heterocycles. The summed E-state index contributed by atoms with van der Waals surface area (Å²) in [5.74, 6) is 2.73. The maximum absolute atomic E-state index is 6.15. The van der Waals surface area contributed by atoms with Crippen LogP contribution in [0, 0.1) is 18.8 Å². The van der Waals surface area contributed by atoms with Gasteiger partial charge in [0.15, 0.2) is 5.58 Å². The van der Waals surface area contributed by atoms with E-state index in [4.69, 9.17) is 14.0 Å². The number of hydrogen-bond donors (Lipinski definition) is 1. The standard InChI is InChI=1S/C19H26N2O3/c1-13-5-6-16-17(18(13)22-11-14-3-2-4-14)19(21-24-16)23-12-15-7-9-20-10-8-15/h5-6,14-15,20H,2-4,7-12H2,1H3. The Hall–Kier alpha value is -1.75. The summed E-state index contributed by atoms with van der Waals surface area (Å²) >= 11 is 0. The van der Waals surface area contributed by atoms with Crippen LogP contribution in [0.2, 0.25) is 0 Å². The van der Waals surface area contributed by atoms with Gasteiger partial charge in [0.1, 0.15) is 11.1 Å². The topological polar surface area (TPSA) is 56.5 Å².